The van der Waals surface area contributed by atoms with Crippen LogP contribution < -0.4 is 10.1 Å². The fourth-order valence-corrected chi connectivity index (χ4v) is 1.58. The van der Waals surface area contributed by atoms with E-state index < -0.39 is 0 Å². The quantitative estimate of drug-likeness (QED) is 0.759. The second kappa shape index (κ2) is 7.56. The Kier molecular flexibility index (Phi) is 6.37. The molecule has 4 heteroatoms. The largest absolute Gasteiger partial charge is 0.490 e. The van der Waals surface area contributed by atoms with Gasteiger partial charge in [0.1, 0.15) is 0 Å². The zero-order chi connectivity index (χ0) is 12.7. The maximum Gasteiger partial charge on any atom is 0.165 e. The molecular formula is C13H20FNOS. The molecule has 96 valence electrons. The lowest BCUT2D eigenvalue weighted by atomic mass is 10.2. The molecule has 0 fully saturated rings. The monoisotopic (exact) mass is 257 g/mol. The van der Waals surface area contributed by atoms with Crippen molar-refractivity contribution in [1.82, 2.24) is 5.32 Å². The molecule has 0 saturated heterocycles. The molecule has 1 rings (SSSR count). The lowest BCUT2D eigenvalue weighted by molar-refractivity contribution is 0.324. The van der Waals surface area contributed by atoms with Crippen LogP contribution in [0.25, 0.3) is 0 Å². The predicted octanol–water partition coefficient (Wildman–Crippen LogP) is 3.07. The molecule has 1 aromatic carbocycles. The second-order valence-electron chi connectivity index (χ2n) is 4.14. The Hall–Kier alpha value is -0.740. The summed E-state index contributed by atoms with van der Waals surface area (Å²) in [5.41, 5.74) is 0.938. The average molecular weight is 257 g/mol. The highest BCUT2D eigenvalue weighted by Gasteiger charge is 2.05. The number of hydrogen-bond acceptors (Lipinski definition) is 3. The molecule has 0 aromatic heterocycles. The van der Waals surface area contributed by atoms with Crippen molar-refractivity contribution in [3.63, 3.8) is 0 Å². The van der Waals surface area contributed by atoms with E-state index in [4.69, 9.17) is 4.74 Å². The van der Waals surface area contributed by atoms with Gasteiger partial charge in [-0.05, 0) is 24.0 Å². The topological polar surface area (TPSA) is 21.3 Å². The molecule has 0 aliphatic carbocycles. The van der Waals surface area contributed by atoms with Gasteiger partial charge in [0, 0.05) is 18.3 Å². The Morgan fingerprint density at radius 2 is 2.18 bits per heavy atom. The van der Waals surface area contributed by atoms with E-state index in [0.29, 0.717) is 24.9 Å². The summed E-state index contributed by atoms with van der Waals surface area (Å²) in [5, 5.41) is 3.25. The summed E-state index contributed by atoms with van der Waals surface area (Å²) in [6.45, 7) is 5.36. The van der Waals surface area contributed by atoms with Gasteiger partial charge in [-0.25, -0.2) is 4.39 Å². The van der Waals surface area contributed by atoms with Crippen LogP contribution in [0.1, 0.15) is 19.4 Å². The van der Waals surface area contributed by atoms with Crippen molar-refractivity contribution >= 4 is 11.8 Å². The zero-order valence-corrected chi connectivity index (χ0v) is 11.4. The summed E-state index contributed by atoms with van der Waals surface area (Å²) in [5.74, 6) is 0.928. The first-order valence-corrected chi connectivity index (χ1v) is 7.16. The third-order valence-electron chi connectivity index (χ3n) is 2.26. The minimum Gasteiger partial charge on any atom is -0.490 e. The zero-order valence-electron chi connectivity index (χ0n) is 10.6. The van der Waals surface area contributed by atoms with Gasteiger partial charge >= 0.3 is 0 Å². The molecule has 1 N–H and O–H groups in total. The van der Waals surface area contributed by atoms with Gasteiger partial charge in [0.05, 0.1) is 6.61 Å². The van der Waals surface area contributed by atoms with E-state index in [1.165, 1.54) is 6.07 Å². The number of hydrogen-bond donors (Lipinski definition) is 1. The van der Waals surface area contributed by atoms with Crippen molar-refractivity contribution in [2.45, 2.75) is 26.4 Å². The van der Waals surface area contributed by atoms with E-state index in [1.807, 2.05) is 12.3 Å². The number of thioether (sulfide) groups is 1. The van der Waals surface area contributed by atoms with Gasteiger partial charge in [0.25, 0.3) is 0 Å². The van der Waals surface area contributed by atoms with Crippen LogP contribution in [0.2, 0.25) is 0 Å². The first-order chi connectivity index (χ1) is 8.13. The van der Waals surface area contributed by atoms with E-state index in [9.17, 15) is 4.39 Å². The van der Waals surface area contributed by atoms with E-state index >= 15 is 0 Å². The fourth-order valence-electron chi connectivity index (χ4n) is 1.33. The summed E-state index contributed by atoms with van der Waals surface area (Å²) in [4.78, 5) is 0. The number of ether oxygens (including phenoxy) is 1. The molecule has 0 heterocycles. The normalized spacial score (nSPS) is 10.9. The highest BCUT2D eigenvalue weighted by Crippen LogP contribution is 2.18. The molecule has 0 saturated carbocycles. The molecule has 1 aromatic rings. The van der Waals surface area contributed by atoms with Gasteiger partial charge in [-0.1, -0.05) is 19.9 Å². The maximum absolute atomic E-state index is 13.6. The molecule has 2 nitrogen and oxygen atoms in total. The van der Waals surface area contributed by atoms with Gasteiger partial charge in [-0.15, -0.1) is 0 Å². The summed E-state index contributed by atoms with van der Waals surface area (Å²) in [7, 11) is 0. The van der Waals surface area contributed by atoms with Crippen molar-refractivity contribution in [2.75, 3.05) is 18.6 Å². The summed E-state index contributed by atoms with van der Waals surface area (Å²) in [6.07, 6.45) is 2.00. The number of benzene rings is 1. The van der Waals surface area contributed by atoms with Crippen LogP contribution >= 0.6 is 11.8 Å². The summed E-state index contributed by atoms with van der Waals surface area (Å²) < 4.78 is 19.0. The SMILES string of the molecule is CSCCOc1ccc(CNC(C)C)cc1F. The standard InChI is InChI=1S/C13H20FNOS/c1-10(2)15-9-11-4-5-13(12(14)8-11)16-6-7-17-3/h4-5,8,10,15H,6-7,9H2,1-3H3. The number of halogens is 1. The Bertz CT molecular complexity index is 344. The smallest absolute Gasteiger partial charge is 0.165 e. The maximum atomic E-state index is 13.6. The molecule has 17 heavy (non-hydrogen) atoms. The first kappa shape index (κ1) is 14.3. The van der Waals surface area contributed by atoms with Crippen molar-refractivity contribution in [1.29, 1.82) is 0 Å². The van der Waals surface area contributed by atoms with Gasteiger partial charge in [0.2, 0.25) is 0 Å². The van der Waals surface area contributed by atoms with Gasteiger partial charge < -0.3 is 10.1 Å². The third kappa shape index (κ3) is 5.41. The molecule has 0 bridgehead atoms. The molecule has 0 unspecified atom stereocenters. The average Bonchev–Trinajstić information content (AvgIpc) is 2.29. The van der Waals surface area contributed by atoms with Gasteiger partial charge in [0.15, 0.2) is 11.6 Å². The third-order valence-corrected chi connectivity index (χ3v) is 2.83. The molecule has 0 radical (unpaired) electrons. The second-order valence-corrected chi connectivity index (χ2v) is 5.13. The van der Waals surface area contributed by atoms with Crippen LogP contribution in [0, 0.1) is 5.82 Å². The van der Waals surface area contributed by atoms with E-state index in [0.717, 1.165) is 11.3 Å². The lowest BCUT2D eigenvalue weighted by Crippen LogP contribution is -2.21. The minimum absolute atomic E-state index is 0.283. The van der Waals surface area contributed by atoms with Crippen LogP contribution in [-0.2, 0) is 6.54 Å². The summed E-state index contributed by atoms with van der Waals surface area (Å²) in [6, 6.07) is 5.53. The van der Waals surface area contributed by atoms with Gasteiger partial charge in [-0.2, -0.15) is 11.8 Å². The Balaban J connectivity index is 2.53. The van der Waals surface area contributed by atoms with Crippen molar-refractivity contribution < 1.29 is 9.13 Å². The van der Waals surface area contributed by atoms with Crippen molar-refractivity contribution in [2.24, 2.45) is 0 Å². The molecule has 0 atom stereocenters. The fraction of sp³-hybridized carbons (Fsp3) is 0.538. The van der Waals surface area contributed by atoms with Crippen LogP contribution in [0.3, 0.4) is 0 Å². The predicted molar refractivity (Wildman–Crippen MR) is 72.3 cm³/mol. The van der Waals surface area contributed by atoms with Crippen molar-refractivity contribution in [3.8, 4) is 5.75 Å². The lowest BCUT2D eigenvalue weighted by Gasteiger charge is -2.10. The Labute approximate surface area is 107 Å². The molecule has 0 aliphatic rings. The van der Waals surface area contributed by atoms with Gasteiger partial charge in [-0.3, -0.25) is 0 Å². The first-order valence-electron chi connectivity index (χ1n) is 5.77. The molecule has 0 aliphatic heterocycles. The van der Waals surface area contributed by atoms with E-state index in [-0.39, 0.29) is 5.82 Å². The Morgan fingerprint density at radius 3 is 2.76 bits per heavy atom. The minimum atomic E-state index is -0.283. The van der Waals surface area contributed by atoms with Crippen LogP contribution in [0.5, 0.6) is 5.75 Å². The van der Waals surface area contributed by atoms with Crippen LogP contribution in [0.15, 0.2) is 18.2 Å². The van der Waals surface area contributed by atoms with E-state index in [1.54, 1.807) is 17.8 Å². The highest BCUT2D eigenvalue weighted by molar-refractivity contribution is 7.98. The molecular weight excluding hydrogens is 237 g/mol. The molecule has 0 spiro atoms. The van der Waals surface area contributed by atoms with E-state index in [2.05, 4.69) is 19.2 Å². The van der Waals surface area contributed by atoms with Crippen molar-refractivity contribution in [3.05, 3.63) is 29.6 Å². The van der Waals surface area contributed by atoms with Crippen LogP contribution in [0.4, 0.5) is 4.39 Å². The van der Waals surface area contributed by atoms with Crippen LogP contribution in [-0.4, -0.2) is 24.7 Å². The number of rotatable bonds is 7. The summed E-state index contributed by atoms with van der Waals surface area (Å²) >= 11 is 1.68. The molecule has 0 amide bonds. The highest BCUT2D eigenvalue weighted by atomic mass is 32.2. The Morgan fingerprint density at radius 1 is 1.41 bits per heavy atom. The number of nitrogens with one attached hydrogen (secondary N) is 1.